The highest BCUT2D eigenvalue weighted by atomic mass is 32.2. The Labute approximate surface area is 157 Å². The number of thioether (sulfide) groups is 1. The molecule has 0 unspecified atom stereocenters. The Balaban J connectivity index is 1.62. The first-order valence-corrected chi connectivity index (χ1v) is 9.53. The maximum Gasteiger partial charge on any atom is 0.234 e. The molecule has 26 heavy (non-hydrogen) atoms. The predicted octanol–water partition coefficient (Wildman–Crippen LogP) is 4.63. The molecule has 0 saturated heterocycles. The Morgan fingerprint density at radius 2 is 1.88 bits per heavy atom. The van der Waals surface area contributed by atoms with Crippen molar-refractivity contribution in [3.63, 3.8) is 0 Å². The molecule has 1 amide bonds. The number of benzene rings is 2. The molecule has 1 aromatic heterocycles. The largest absolute Gasteiger partial charge is 0.325 e. The minimum Gasteiger partial charge on any atom is -0.325 e. The van der Waals surface area contributed by atoms with E-state index in [1.54, 1.807) is 0 Å². The van der Waals surface area contributed by atoms with Crippen molar-refractivity contribution in [1.29, 1.82) is 0 Å². The number of hydrogen-bond acceptors (Lipinski definition) is 4. The van der Waals surface area contributed by atoms with Gasteiger partial charge in [-0.25, -0.2) is 4.98 Å². The molecular weight excluding hydrogens is 344 g/mol. The third-order valence-electron chi connectivity index (χ3n) is 4.05. The van der Waals surface area contributed by atoms with Crippen LogP contribution in [-0.2, 0) is 4.79 Å². The van der Waals surface area contributed by atoms with E-state index in [0.717, 1.165) is 28.2 Å². The number of hydrogen-bond donors (Lipinski definition) is 2. The fourth-order valence-electron chi connectivity index (χ4n) is 2.70. The molecule has 6 heteroatoms. The van der Waals surface area contributed by atoms with Crippen LogP contribution in [0.15, 0.2) is 53.7 Å². The topological polar surface area (TPSA) is 70.7 Å². The molecule has 134 valence electrons. The number of nitrogens with one attached hydrogen (secondary N) is 2. The zero-order valence-corrected chi connectivity index (χ0v) is 15.9. The molecule has 3 rings (SSSR count). The molecule has 0 aliphatic heterocycles. The van der Waals surface area contributed by atoms with E-state index in [0.29, 0.717) is 11.1 Å². The van der Waals surface area contributed by atoms with Crippen LogP contribution in [0.3, 0.4) is 0 Å². The minimum absolute atomic E-state index is 0.0645. The van der Waals surface area contributed by atoms with Gasteiger partial charge < -0.3 is 5.32 Å². The number of carbonyl (C=O) groups excluding carboxylic acids is 1. The van der Waals surface area contributed by atoms with Gasteiger partial charge in [-0.2, -0.15) is 0 Å². The van der Waals surface area contributed by atoms with Gasteiger partial charge in [-0.15, -0.1) is 5.10 Å². The lowest BCUT2D eigenvalue weighted by Crippen LogP contribution is -2.15. The average Bonchev–Trinajstić information content (AvgIpc) is 3.09. The quantitative estimate of drug-likeness (QED) is 0.624. The smallest absolute Gasteiger partial charge is 0.234 e. The van der Waals surface area contributed by atoms with Gasteiger partial charge in [0.1, 0.15) is 0 Å². The molecule has 0 aliphatic rings. The third-order valence-corrected chi connectivity index (χ3v) is 4.90. The van der Waals surface area contributed by atoms with Crippen molar-refractivity contribution in [3.05, 3.63) is 59.7 Å². The third kappa shape index (κ3) is 4.32. The summed E-state index contributed by atoms with van der Waals surface area (Å²) in [6.45, 7) is 6.26. The van der Waals surface area contributed by atoms with Crippen molar-refractivity contribution in [2.75, 3.05) is 11.1 Å². The summed E-state index contributed by atoms with van der Waals surface area (Å²) in [5.41, 5.74) is 4.14. The Morgan fingerprint density at radius 3 is 2.65 bits per heavy atom. The number of anilines is 1. The van der Waals surface area contributed by atoms with Gasteiger partial charge >= 0.3 is 0 Å². The summed E-state index contributed by atoms with van der Waals surface area (Å²) in [5, 5.41) is 10.7. The molecular formula is C20H22N4OS. The lowest BCUT2D eigenvalue weighted by Gasteiger charge is -2.13. The van der Waals surface area contributed by atoms with E-state index in [9.17, 15) is 4.79 Å². The van der Waals surface area contributed by atoms with Crippen LogP contribution in [0.2, 0.25) is 0 Å². The molecule has 0 fully saturated rings. The highest BCUT2D eigenvalue weighted by Gasteiger charge is 2.12. The van der Waals surface area contributed by atoms with Gasteiger partial charge in [-0.05, 0) is 30.0 Å². The lowest BCUT2D eigenvalue weighted by atomic mass is 10.0. The first-order chi connectivity index (χ1) is 12.5. The molecule has 0 bridgehead atoms. The van der Waals surface area contributed by atoms with E-state index in [1.807, 2.05) is 55.5 Å². The van der Waals surface area contributed by atoms with Crippen LogP contribution >= 0.6 is 11.8 Å². The zero-order valence-electron chi connectivity index (χ0n) is 15.1. The Morgan fingerprint density at radius 1 is 1.15 bits per heavy atom. The Hall–Kier alpha value is -2.60. The highest BCUT2D eigenvalue weighted by Crippen LogP contribution is 2.25. The molecule has 0 aliphatic carbocycles. The molecule has 2 N–H and O–H groups in total. The fraction of sp³-hybridized carbons (Fsp3) is 0.250. The minimum atomic E-state index is -0.0645. The summed E-state index contributed by atoms with van der Waals surface area (Å²) in [6.07, 6.45) is 0. The van der Waals surface area contributed by atoms with E-state index in [-0.39, 0.29) is 11.7 Å². The summed E-state index contributed by atoms with van der Waals surface area (Å²) >= 11 is 1.32. The van der Waals surface area contributed by atoms with Crippen molar-refractivity contribution in [1.82, 2.24) is 15.2 Å². The number of rotatable bonds is 6. The number of aromatic nitrogens is 3. The van der Waals surface area contributed by atoms with Crippen molar-refractivity contribution in [2.24, 2.45) is 0 Å². The second-order valence-electron chi connectivity index (χ2n) is 6.36. The maximum atomic E-state index is 12.3. The van der Waals surface area contributed by atoms with E-state index in [2.05, 4.69) is 34.3 Å². The fourth-order valence-corrected chi connectivity index (χ4v) is 3.30. The Bertz CT molecular complexity index is 904. The number of nitrogens with zero attached hydrogens (tertiary/aromatic N) is 2. The maximum absolute atomic E-state index is 12.3. The molecule has 3 aromatic rings. The second-order valence-corrected chi connectivity index (χ2v) is 7.30. The molecule has 0 spiro atoms. The van der Waals surface area contributed by atoms with Gasteiger partial charge in [0.05, 0.1) is 5.75 Å². The molecule has 1 heterocycles. The van der Waals surface area contributed by atoms with Crippen LogP contribution in [0.4, 0.5) is 5.69 Å². The molecule has 5 nitrogen and oxygen atoms in total. The van der Waals surface area contributed by atoms with Crippen molar-refractivity contribution < 1.29 is 4.79 Å². The van der Waals surface area contributed by atoms with E-state index >= 15 is 0 Å². The summed E-state index contributed by atoms with van der Waals surface area (Å²) in [7, 11) is 0. The van der Waals surface area contributed by atoms with E-state index in [4.69, 9.17) is 0 Å². The van der Waals surface area contributed by atoms with Crippen LogP contribution in [0, 0.1) is 6.92 Å². The van der Waals surface area contributed by atoms with Crippen LogP contribution in [0.1, 0.15) is 30.9 Å². The van der Waals surface area contributed by atoms with Gasteiger partial charge in [-0.1, -0.05) is 68.1 Å². The average molecular weight is 366 g/mol. The van der Waals surface area contributed by atoms with E-state index in [1.165, 1.54) is 11.8 Å². The first-order valence-electron chi connectivity index (χ1n) is 8.54. The second kappa shape index (κ2) is 8.19. The summed E-state index contributed by atoms with van der Waals surface area (Å²) in [4.78, 5) is 16.8. The van der Waals surface area contributed by atoms with E-state index < -0.39 is 0 Å². The number of amides is 1. The van der Waals surface area contributed by atoms with Gasteiger partial charge in [0.2, 0.25) is 11.1 Å². The number of aromatic amines is 1. The predicted molar refractivity (Wildman–Crippen MR) is 106 cm³/mol. The number of aryl methyl sites for hydroxylation is 1. The number of H-pyrrole nitrogens is 1. The normalized spacial score (nSPS) is 10.9. The summed E-state index contributed by atoms with van der Waals surface area (Å²) < 4.78 is 0. The summed E-state index contributed by atoms with van der Waals surface area (Å²) in [5.74, 6) is 1.27. The highest BCUT2D eigenvalue weighted by molar-refractivity contribution is 7.99. The lowest BCUT2D eigenvalue weighted by molar-refractivity contribution is -0.113. The zero-order chi connectivity index (χ0) is 18.5. The monoisotopic (exact) mass is 366 g/mol. The van der Waals surface area contributed by atoms with Crippen LogP contribution in [0.25, 0.3) is 11.4 Å². The van der Waals surface area contributed by atoms with Crippen molar-refractivity contribution in [3.8, 4) is 11.4 Å². The van der Waals surface area contributed by atoms with Crippen LogP contribution in [-0.4, -0.2) is 26.8 Å². The summed E-state index contributed by atoms with van der Waals surface area (Å²) in [6, 6.07) is 15.9. The molecule has 0 saturated carbocycles. The molecule has 0 atom stereocenters. The number of para-hydroxylation sites is 1. The van der Waals surface area contributed by atoms with Gasteiger partial charge in [0.15, 0.2) is 5.82 Å². The van der Waals surface area contributed by atoms with Gasteiger partial charge in [0.25, 0.3) is 0 Å². The van der Waals surface area contributed by atoms with Gasteiger partial charge in [0, 0.05) is 11.3 Å². The van der Waals surface area contributed by atoms with Crippen LogP contribution in [0.5, 0.6) is 0 Å². The standard InChI is InChI=1S/C20H22N4OS/c1-13(2)15-9-6-7-11-17(15)21-18(25)12-26-20-22-19(23-24-20)16-10-5-4-8-14(16)3/h4-11,13H,12H2,1-3H3,(H,21,25)(H,22,23,24). The van der Waals surface area contributed by atoms with Crippen molar-refractivity contribution in [2.45, 2.75) is 31.8 Å². The van der Waals surface area contributed by atoms with Crippen LogP contribution < -0.4 is 5.32 Å². The SMILES string of the molecule is Cc1ccccc1-c1nc(SCC(=O)Nc2ccccc2C(C)C)n[nH]1. The molecule has 0 radical (unpaired) electrons. The van der Waals surface area contributed by atoms with Gasteiger partial charge in [-0.3, -0.25) is 9.89 Å². The first kappa shape index (κ1) is 18.2. The molecule has 2 aromatic carbocycles. The number of carbonyl (C=O) groups is 1. The van der Waals surface area contributed by atoms with Crippen molar-refractivity contribution >= 4 is 23.4 Å². The Kier molecular flexibility index (Phi) is 5.73.